The molecule has 5 fully saturated rings. The summed E-state index contributed by atoms with van der Waals surface area (Å²) in [6.45, 7) is 3.70. The first kappa shape index (κ1) is 23.3. The van der Waals surface area contributed by atoms with Crippen molar-refractivity contribution in [2.24, 2.45) is 23.2 Å². The van der Waals surface area contributed by atoms with Crippen molar-refractivity contribution in [1.82, 2.24) is 20.4 Å². The lowest BCUT2D eigenvalue weighted by Crippen LogP contribution is -2.48. The van der Waals surface area contributed by atoms with Crippen molar-refractivity contribution in [3.05, 3.63) is 35.4 Å². The van der Waals surface area contributed by atoms with Gasteiger partial charge in [0.2, 0.25) is 11.8 Å². The van der Waals surface area contributed by atoms with Gasteiger partial charge in [-0.25, -0.2) is 0 Å². The molecule has 7 heteroatoms. The van der Waals surface area contributed by atoms with Gasteiger partial charge in [0.1, 0.15) is 0 Å². The molecule has 184 valence electrons. The Kier molecular flexibility index (Phi) is 6.65. The van der Waals surface area contributed by atoms with Gasteiger partial charge < -0.3 is 20.4 Å². The summed E-state index contributed by atoms with van der Waals surface area (Å²) in [4.78, 5) is 41.7. The Balaban J connectivity index is 1.03. The summed E-state index contributed by atoms with van der Waals surface area (Å²) in [5.74, 6) is 2.37. The number of benzene rings is 1. The van der Waals surface area contributed by atoms with Gasteiger partial charge in [-0.15, -0.1) is 0 Å². The Morgan fingerprint density at radius 1 is 0.853 bits per heavy atom. The number of carbonyl (C=O) groups is 3. The monoisotopic (exact) mass is 466 g/mol. The van der Waals surface area contributed by atoms with Gasteiger partial charge in [-0.05, 0) is 86.4 Å². The van der Waals surface area contributed by atoms with E-state index >= 15 is 0 Å². The van der Waals surface area contributed by atoms with E-state index in [0.29, 0.717) is 18.5 Å². The molecule has 0 atom stereocenters. The first-order valence-electron chi connectivity index (χ1n) is 13.0. The number of nitrogens with zero attached hydrogens (tertiary/aromatic N) is 2. The molecule has 4 aliphatic carbocycles. The molecule has 0 spiro atoms. The number of likely N-dealkylation sites (N-methyl/N-ethyl adjacent to an activating group) is 1. The van der Waals surface area contributed by atoms with Gasteiger partial charge in [0.25, 0.3) is 5.91 Å². The van der Waals surface area contributed by atoms with Crippen molar-refractivity contribution in [1.29, 1.82) is 0 Å². The van der Waals surface area contributed by atoms with Crippen LogP contribution >= 0.6 is 0 Å². The maximum atomic E-state index is 12.7. The second kappa shape index (κ2) is 9.68. The van der Waals surface area contributed by atoms with Crippen LogP contribution in [-0.4, -0.2) is 67.3 Å². The fourth-order valence-corrected chi connectivity index (χ4v) is 7.31. The van der Waals surface area contributed by atoms with Crippen molar-refractivity contribution in [2.75, 3.05) is 39.8 Å². The average Bonchev–Trinajstić information content (AvgIpc) is 2.80. The first-order valence-corrected chi connectivity index (χ1v) is 13.0. The van der Waals surface area contributed by atoms with Crippen molar-refractivity contribution in [3.63, 3.8) is 0 Å². The molecule has 2 N–H and O–H groups in total. The summed E-state index contributed by atoms with van der Waals surface area (Å²) in [6.07, 6.45) is 8.28. The standard InChI is InChI=1S/C27H38N4O3/c1-30-6-8-31(9-7-30)26(34)23-4-2-19(3-5-23)17-28-25(33)18-29-24(32)16-27-13-20-10-21(14-27)12-22(11-20)15-27/h2-5,20-22H,6-18H2,1H3,(H,28,33)(H,29,32). The minimum atomic E-state index is -0.184. The van der Waals surface area contributed by atoms with Gasteiger partial charge in [0, 0.05) is 44.7 Å². The normalized spacial score (nSPS) is 30.3. The molecule has 0 aromatic heterocycles. The fourth-order valence-electron chi connectivity index (χ4n) is 7.31. The lowest BCUT2D eigenvalue weighted by Gasteiger charge is -2.56. The molecular weight excluding hydrogens is 428 g/mol. The van der Waals surface area contributed by atoms with Crippen molar-refractivity contribution >= 4 is 17.7 Å². The van der Waals surface area contributed by atoms with E-state index in [2.05, 4.69) is 22.6 Å². The number of hydrogen-bond donors (Lipinski definition) is 2. The Hall–Kier alpha value is -2.41. The number of carbonyl (C=O) groups excluding carboxylic acids is 3. The van der Waals surface area contributed by atoms with Crippen LogP contribution in [0.4, 0.5) is 0 Å². The highest BCUT2D eigenvalue weighted by atomic mass is 16.2. The largest absolute Gasteiger partial charge is 0.350 e. The molecule has 0 unspecified atom stereocenters. The van der Waals surface area contributed by atoms with Crippen LogP contribution in [0.1, 0.15) is 60.9 Å². The van der Waals surface area contributed by atoms with Crippen LogP contribution < -0.4 is 10.6 Å². The summed E-state index contributed by atoms with van der Waals surface area (Å²) >= 11 is 0. The highest BCUT2D eigenvalue weighted by Gasteiger charge is 2.51. The van der Waals surface area contributed by atoms with Crippen LogP contribution in [0.2, 0.25) is 0 Å². The Morgan fingerprint density at radius 3 is 2.03 bits per heavy atom. The molecule has 7 nitrogen and oxygen atoms in total. The predicted molar refractivity (Wildman–Crippen MR) is 130 cm³/mol. The van der Waals surface area contributed by atoms with Crippen LogP contribution in [0.5, 0.6) is 0 Å². The third kappa shape index (κ3) is 5.29. The van der Waals surface area contributed by atoms with Crippen LogP contribution in [0.3, 0.4) is 0 Å². The predicted octanol–water partition coefficient (Wildman–Crippen LogP) is 2.41. The van der Waals surface area contributed by atoms with E-state index in [-0.39, 0.29) is 29.7 Å². The van der Waals surface area contributed by atoms with E-state index in [1.807, 2.05) is 29.2 Å². The van der Waals surface area contributed by atoms with Crippen LogP contribution in [0.15, 0.2) is 24.3 Å². The molecule has 5 aliphatic rings. The zero-order chi connectivity index (χ0) is 23.7. The van der Waals surface area contributed by atoms with Crippen molar-refractivity contribution in [3.8, 4) is 0 Å². The summed E-state index contributed by atoms with van der Waals surface area (Å²) in [5.41, 5.74) is 1.80. The van der Waals surface area contributed by atoms with Gasteiger partial charge in [0.15, 0.2) is 0 Å². The van der Waals surface area contributed by atoms with E-state index in [0.717, 1.165) is 49.5 Å². The number of nitrogens with one attached hydrogen (secondary N) is 2. The zero-order valence-electron chi connectivity index (χ0n) is 20.4. The molecule has 1 heterocycles. The van der Waals surface area contributed by atoms with Crippen LogP contribution in [-0.2, 0) is 16.1 Å². The summed E-state index contributed by atoms with van der Waals surface area (Å²) in [5, 5.41) is 5.73. The molecule has 1 aliphatic heterocycles. The SMILES string of the molecule is CN1CCN(C(=O)c2ccc(CNC(=O)CNC(=O)CC34CC5CC(CC(C5)C3)C4)cc2)CC1. The fraction of sp³-hybridized carbons (Fsp3) is 0.667. The van der Waals surface area contributed by atoms with E-state index in [9.17, 15) is 14.4 Å². The van der Waals surface area contributed by atoms with Gasteiger partial charge >= 0.3 is 0 Å². The highest BCUT2D eigenvalue weighted by molar-refractivity contribution is 5.94. The maximum absolute atomic E-state index is 12.7. The zero-order valence-corrected chi connectivity index (χ0v) is 20.4. The highest BCUT2D eigenvalue weighted by Crippen LogP contribution is 2.61. The van der Waals surface area contributed by atoms with Gasteiger partial charge in [-0.1, -0.05) is 12.1 Å². The second-order valence-corrected chi connectivity index (χ2v) is 11.4. The van der Waals surface area contributed by atoms with E-state index in [1.165, 1.54) is 38.5 Å². The van der Waals surface area contributed by atoms with Gasteiger partial charge in [-0.2, -0.15) is 0 Å². The molecule has 0 radical (unpaired) electrons. The molecule has 6 rings (SSSR count). The number of hydrogen-bond acceptors (Lipinski definition) is 4. The maximum Gasteiger partial charge on any atom is 0.253 e. The van der Waals surface area contributed by atoms with E-state index in [4.69, 9.17) is 0 Å². The van der Waals surface area contributed by atoms with Crippen LogP contribution in [0.25, 0.3) is 0 Å². The van der Waals surface area contributed by atoms with E-state index < -0.39 is 0 Å². The molecule has 4 bridgehead atoms. The van der Waals surface area contributed by atoms with Gasteiger partial charge in [-0.3, -0.25) is 14.4 Å². The molecule has 1 aromatic rings. The summed E-state index contributed by atoms with van der Waals surface area (Å²) in [6, 6.07) is 7.43. The molecule has 1 aromatic carbocycles. The minimum Gasteiger partial charge on any atom is -0.350 e. The number of amides is 3. The topological polar surface area (TPSA) is 81.8 Å². The summed E-state index contributed by atoms with van der Waals surface area (Å²) < 4.78 is 0. The van der Waals surface area contributed by atoms with Crippen molar-refractivity contribution < 1.29 is 14.4 Å². The first-order chi connectivity index (χ1) is 16.4. The minimum absolute atomic E-state index is 0.0175. The smallest absolute Gasteiger partial charge is 0.253 e. The van der Waals surface area contributed by atoms with Gasteiger partial charge in [0.05, 0.1) is 6.54 Å². The Labute approximate surface area is 202 Å². The number of rotatable bonds is 7. The molecule has 3 amide bonds. The van der Waals surface area contributed by atoms with E-state index in [1.54, 1.807) is 0 Å². The lowest BCUT2D eigenvalue weighted by molar-refractivity contribution is -0.131. The average molecular weight is 467 g/mol. The number of piperazine rings is 1. The van der Waals surface area contributed by atoms with Crippen LogP contribution in [0, 0.1) is 23.2 Å². The summed E-state index contributed by atoms with van der Waals surface area (Å²) in [7, 11) is 2.07. The molecule has 4 saturated carbocycles. The third-order valence-electron chi connectivity index (χ3n) is 8.63. The van der Waals surface area contributed by atoms with Crippen molar-refractivity contribution in [2.45, 2.75) is 51.5 Å². The quantitative estimate of drug-likeness (QED) is 0.647. The Bertz CT molecular complexity index is 885. The Morgan fingerprint density at radius 2 is 1.44 bits per heavy atom. The molecule has 34 heavy (non-hydrogen) atoms. The lowest BCUT2D eigenvalue weighted by atomic mass is 9.49. The second-order valence-electron chi connectivity index (χ2n) is 11.4. The third-order valence-corrected chi connectivity index (χ3v) is 8.63. The molecule has 1 saturated heterocycles. The molecular formula is C27H38N4O3.